The van der Waals surface area contributed by atoms with Crippen molar-refractivity contribution in [3.63, 3.8) is 0 Å². The first-order chi connectivity index (χ1) is 10.0. The first-order valence-electron chi connectivity index (χ1n) is 6.76. The van der Waals surface area contributed by atoms with Crippen LogP contribution in [0.1, 0.15) is 17.4 Å². The molecule has 0 aliphatic carbocycles. The Morgan fingerprint density at radius 2 is 1.86 bits per heavy atom. The number of anilines is 1. The van der Waals surface area contributed by atoms with Gasteiger partial charge in [0.25, 0.3) is 0 Å². The molecule has 0 aliphatic heterocycles. The number of furan rings is 1. The molecule has 3 nitrogen and oxygen atoms in total. The van der Waals surface area contributed by atoms with Crippen LogP contribution in [0.2, 0.25) is 0 Å². The van der Waals surface area contributed by atoms with E-state index >= 15 is 0 Å². The highest BCUT2D eigenvalue weighted by molar-refractivity contribution is 9.10. The van der Waals surface area contributed by atoms with Gasteiger partial charge < -0.3 is 15.1 Å². The van der Waals surface area contributed by atoms with Crippen molar-refractivity contribution in [2.75, 3.05) is 19.0 Å². The fourth-order valence-electron chi connectivity index (χ4n) is 2.35. The molecule has 3 aromatic rings. The first kappa shape index (κ1) is 14.2. The van der Waals surface area contributed by atoms with Crippen molar-refractivity contribution in [3.8, 4) is 0 Å². The number of rotatable bonds is 3. The number of fused-ring (bicyclic) bond motifs is 1. The Balaban J connectivity index is 2.03. The van der Waals surface area contributed by atoms with E-state index in [0.29, 0.717) is 0 Å². The van der Waals surface area contributed by atoms with E-state index in [1.165, 1.54) is 0 Å². The number of hydrogen-bond donors (Lipinski definition) is 1. The molecule has 1 aromatic heterocycles. The molecule has 1 heterocycles. The molecule has 0 fully saturated rings. The molecule has 0 radical (unpaired) electrons. The second-order valence-corrected chi connectivity index (χ2v) is 6.22. The highest BCUT2D eigenvalue weighted by atomic mass is 79.9. The summed E-state index contributed by atoms with van der Waals surface area (Å²) in [5, 5.41) is 1.07. The van der Waals surface area contributed by atoms with E-state index in [2.05, 4.69) is 33.0 Å². The molecule has 2 N–H and O–H groups in total. The predicted molar refractivity (Wildman–Crippen MR) is 90.7 cm³/mol. The zero-order valence-corrected chi connectivity index (χ0v) is 13.6. The van der Waals surface area contributed by atoms with Gasteiger partial charge in [0.1, 0.15) is 11.3 Å². The molecule has 108 valence electrons. The van der Waals surface area contributed by atoms with E-state index < -0.39 is 0 Å². The van der Waals surface area contributed by atoms with Crippen LogP contribution < -0.4 is 10.6 Å². The summed E-state index contributed by atoms with van der Waals surface area (Å²) in [4.78, 5) is 2.06. The van der Waals surface area contributed by atoms with Gasteiger partial charge in [0.15, 0.2) is 0 Å². The first-order valence-corrected chi connectivity index (χ1v) is 7.56. The molecule has 1 atom stereocenters. The van der Waals surface area contributed by atoms with Crippen LogP contribution in [0.5, 0.6) is 0 Å². The highest BCUT2D eigenvalue weighted by Crippen LogP contribution is 2.30. The molecule has 3 rings (SSSR count). The largest absolute Gasteiger partial charge is 0.459 e. The van der Waals surface area contributed by atoms with Crippen LogP contribution in [-0.2, 0) is 0 Å². The average Bonchev–Trinajstić information content (AvgIpc) is 2.89. The van der Waals surface area contributed by atoms with Gasteiger partial charge >= 0.3 is 0 Å². The van der Waals surface area contributed by atoms with Gasteiger partial charge in [-0.2, -0.15) is 0 Å². The SMILES string of the molecule is CN(C)c1cc(Br)cc(C(N)c2cc3ccccc3o2)c1. The van der Waals surface area contributed by atoms with Crippen LogP contribution in [0.15, 0.2) is 57.4 Å². The van der Waals surface area contributed by atoms with Crippen LogP contribution in [0.25, 0.3) is 11.0 Å². The lowest BCUT2D eigenvalue weighted by atomic mass is 10.0. The second-order valence-electron chi connectivity index (χ2n) is 5.30. The topological polar surface area (TPSA) is 42.4 Å². The van der Waals surface area contributed by atoms with Crippen molar-refractivity contribution in [2.24, 2.45) is 5.73 Å². The maximum atomic E-state index is 6.38. The molecule has 21 heavy (non-hydrogen) atoms. The van der Waals surface area contributed by atoms with Gasteiger partial charge in [0.05, 0.1) is 6.04 Å². The van der Waals surface area contributed by atoms with Crippen molar-refractivity contribution in [1.29, 1.82) is 0 Å². The van der Waals surface area contributed by atoms with Crippen LogP contribution in [0.3, 0.4) is 0 Å². The van der Waals surface area contributed by atoms with Gasteiger partial charge in [-0.15, -0.1) is 0 Å². The van der Waals surface area contributed by atoms with Gasteiger partial charge in [-0.1, -0.05) is 34.1 Å². The summed E-state index contributed by atoms with van der Waals surface area (Å²) in [6.07, 6.45) is 0. The zero-order chi connectivity index (χ0) is 15.0. The Labute approximate surface area is 132 Å². The van der Waals surface area contributed by atoms with Gasteiger partial charge in [-0.3, -0.25) is 0 Å². The third-order valence-electron chi connectivity index (χ3n) is 3.53. The minimum absolute atomic E-state index is 0.284. The van der Waals surface area contributed by atoms with Gasteiger partial charge in [0, 0.05) is 29.6 Å². The molecule has 0 saturated carbocycles. The quantitative estimate of drug-likeness (QED) is 0.769. The number of para-hydroxylation sites is 1. The normalized spacial score (nSPS) is 12.6. The standard InChI is InChI=1S/C17H17BrN2O/c1-20(2)14-8-12(7-13(18)10-14)17(19)16-9-11-5-3-4-6-15(11)21-16/h3-10,17H,19H2,1-2H3. The third kappa shape index (κ3) is 2.82. The van der Waals surface area contributed by atoms with Crippen molar-refractivity contribution in [2.45, 2.75) is 6.04 Å². The number of halogens is 1. The van der Waals surface area contributed by atoms with Crippen molar-refractivity contribution in [1.82, 2.24) is 0 Å². The molecule has 0 spiro atoms. The summed E-state index contributed by atoms with van der Waals surface area (Å²) >= 11 is 3.54. The third-order valence-corrected chi connectivity index (χ3v) is 3.99. The number of benzene rings is 2. The van der Waals surface area contributed by atoms with Gasteiger partial charge in [-0.25, -0.2) is 0 Å². The van der Waals surface area contributed by atoms with E-state index in [1.54, 1.807) is 0 Å². The molecule has 0 amide bonds. The Morgan fingerprint density at radius 3 is 2.57 bits per heavy atom. The van der Waals surface area contributed by atoms with Crippen LogP contribution in [0.4, 0.5) is 5.69 Å². The fraction of sp³-hybridized carbons (Fsp3) is 0.176. The van der Waals surface area contributed by atoms with Crippen molar-refractivity contribution in [3.05, 3.63) is 64.3 Å². The van der Waals surface area contributed by atoms with E-state index in [1.807, 2.05) is 50.5 Å². The molecule has 4 heteroatoms. The maximum absolute atomic E-state index is 6.38. The molecule has 0 aliphatic rings. The Kier molecular flexibility index (Phi) is 3.74. The molecule has 0 saturated heterocycles. The van der Waals surface area contributed by atoms with Crippen LogP contribution in [0, 0.1) is 0 Å². The monoisotopic (exact) mass is 344 g/mol. The average molecular weight is 345 g/mol. The summed E-state index contributed by atoms with van der Waals surface area (Å²) in [5.41, 5.74) is 9.37. The molecule has 2 aromatic carbocycles. The lowest BCUT2D eigenvalue weighted by molar-refractivity contribution is 0.525. The van der Waals surface area contributed by atoms with Crippen LogP contribution >= 0.6 is 15.9 Å². The van der Waals surface area contributed by atoms with Crippen LogP contribution in [-0.4, -0.2) is 14.1 Å². The number of nitrogens with zero attached hydrogens (tertiary/aromatic N) is 1. The van der Waals surface area contributed by atoms with E-state index in [9.17, 15) is 0 Å². The fourth-order valence-corrected chi connectivity index (χ4v) is 2.85. The van der Waals surface area contributed by atoms with E-state index in [4.69, 9.17) is 10.2 Å². The smallest absolute Gasteiger partial charge is 0.134 e. The molecular formula is C17H17BrN2O. The van der Waals surface area contributed by atoms with Gasteiger partial charge in [0.2, 0.25) is 0 Å². The molecule has 1 unspecified atom stereocenters. The Morgan fingerprint density at radius 1 is 1.10 bits per heavy atom. The summed E-state index contributed by atoms with van der Waals surface area (Å²) in [6, 6.07) is 15.9. The van der Waals surface area contributed by atoms with Gasteiger partial charge in [-0.05, 0) is 35.9 Å². The molecular weight excluding hydrogens is 328 g/mol. The molecule has 0 bridgehead atoms. The predicted octanol–water partition coefficient (Wildman–Crippen LogP) is 4.31. The Hall–Kier alpha value is -1.78. The maximum Gasteiger partial charge on any atom is 0.134 e. The van der Waals surface area contributed by atoms with Crippen molar-refractivity contribution < 1.29 is 4.42 Å². The minimum Gasteiger partial charge on any atom is -0.459 e. The number of nitrogens with two attached hydrogens (primary N) is 1. The highest BCUT2D eigenvalue weighted by Gasteiger charge is 2.15. The zero-order valence-electron chi connectivity index (χ0n) is 12.0. The summed E-state index contributed by atoms with van der Waals surface area (Å²) in [7, 11) is 4.02. The Bertz CT molecular complexity index is 746. The van der Waals surface area contributed by atoms with E-state index in [0.717, 1.165) is 32.5 Å². The minimum atomic E-state index is -0.284. The lowest BCUT2D eigenvalue weighted by Crippen LogP contribution is -2.13. The van der Waals surface area contributed by atoms with Crippen molar-refractivity contribution >= 4 is 32.6 Å². The van der Waals surface area contributed by atoms with E-state index in [-0.39, 0.29) is 6.04 Å². The summed E-state index contributed by atoms with van der Waals surface area (Å²) < 4.78 is 6.88. The summed E-state index contributed by atoms with van der Waals surface area (Å²) in [5.74, 6) is 0.777. The second kappa shape index (κ2) is 5.54. The summed E-state index contributed by atoms with van der Waals surface area (Å²) in [6.45, 7) is 0. The number of hydrogen-bond acceptors (Lipinski definition) is 3. The lowest BCUT2D eigenvalue weighted by Gasteiger charge is -2.17.